The van der Waals surface area contributed by atoms with E-state index in [1.807, 2.05) is 27.7 Å². The van der Waals surface area contributed by atoms with Gasteiger partial charge in [-0.05, 0) is 6.42 Å². The number of nitrogens with one attached hydrogen (secondary N) is 1. The van der Waals surface area contributed by atoms with Gasteiger partial charge in [0.05, 0.1) is 0 Å². The number of H-pyrrole nitrogens is 1. The molecule has 0 aliphatic rings. The van der Waals surface area contributed by atoms with Gasteiger partial charge in [-0.25, -0.2) is 9.90 Å². The van der Waals surface area contributed by atoms with Crippen LogP contribution in [0, 0.1) is 0 Å². The molecule has 4 heteroatoms. The Labute approximate surface area is 77.9 Å². The molecule has 0 amide bonds. The minimum absolute atomic E-state index is 0.00866. The lowest BCUT2D eigenvalue weighted by molar-refractivity contribution is 0.561. The minimum Gasteiger partial charge on any atom is -0.266 e. The van der Waals surface area contributed by atoms with Gasteiger partial charge >= 0.3 is 0 Å². The lowest BCUT2D eigenvalue weighted by Gasteiger charge is -2.11. The van der Waals surface area contributed by atoms with E-state index in [-0.39, 0.29) is 11.0 Å². The number of aryl methyl sites for hydroxylation is 1. The van der Waals surface area contributed by atoms with E-state index in [1.54, 1.807) is 4.68 Å². The summed E-state index contributed by atoms with van der Waals surface area (Å²) in [4.78, 5) is 11.7. The number of aromatic amines is 1. The van der Waals surface area contributed by atoms with E-state index in [9.17, 15) is 4.79 Å². The fraction of sp³-hybridized carbons (Fsp3) is 0.778. The van der Waals surface area contributed by atoms with Crippen molar-refractivity contribution < 1.29 is 0 Å². The fourth-order valence-electron chi connectivity index (χ4n) is 1.20. The molecular weight excluding hydrogens is 166 g/mol. The molecule has 1 rings (SSSR count). The Bertz CT molecular complexity index is 329. The summed E-state index contributed by atoms with van der Waals surface area (Å²) in [6.45, 7) is 8.70. The zero-order valence-electron chi connectivity index (χ0n) is 8.72. The van der Waals surface area contributed by atoms with Crippen molar-refractivity contribution in [2.45, 2.75) is 46.1 Å². The van der Waals surface area contributed by atoms with Gasteiger partial charge in [-0.15, -0.1) is 0 Å². The smallest absolute Gasteiger partial charge is 0.266 e. The van der Waals surface area contributed by atoms with Crippen LogP contribution in [0.25, 0.3) is 0 Å². The Hall–Kier alpha value is -1.06. The molecule has 0 unspecified atom stereocenters. The summed E-state index contributed by atoms with van der Waals surface area (Å²) in [5, 5.41) is 6.77. The summed E-state index contributed by atoms with van der Waals surface area (Å²) in [5.74, 6) is 0. The molecule has 0 aliphatic carbocycles. The molecule has 4 nitrogen and oxygen atoms in total. The van der Waals surface area contributed by atoms with Crippen molar-refractivity contribution in [3.63, 3.8) is 0 Å². The van der Waals surface area contributed by atoms with Crippen molar-refractivity contribution in [3.8, 4) is 0 Å². The largest absolute Gasteiger partial charge is 0.290 e. The lowest BCUT2D eigenvalue weighted by Crippen LogP contribution is -2.26. The lowest BCUT2D eigenvalue weighted by atomic mass is 9.93. The van der Waals surface area contributed by atoms with Crippen molar-refractivity contribution in [2.24, 2.45) is 0 Å². The molecule has 1 N–H and O–H groups in total. The third-order valence-corrected chi connectivity index (χ3v) is 1.89. The zero-order chi connectivity index (χ0) is 10.1. The summed E-state index contributed by atoms with van der Waals surface area (Å²) in [5.41, 5.74) is 0.447. The average molecular weight is 183 g/mol. The first kappa shape index (κ1) is 10.0. The van der Waals surface area contributed by atoms with Crippen LogP contribution in [-0.2, 0) is 12.0 Å². The fourth-order valence-corrected chi connectivity index (χ4v) is 1.20. The first-order chi connectivity index (χ1) is 5.96. The topological polar surface area (TPSA) is 50.7 Å². The van der Waals surface area contributed by atoms with Crippen molar-refractivity contribution >= 4 is 0 Å². The van der Waals surface area contributed by atoms with Gasteiger partial charge in [0.2, 0.25) is 0 Å². The molecule has 13 heavy (non-hydrogen) atoms. The molecule has 1 heterocycles. The maximum atomic E-state index is 11.7. The zero-order valence-corrected chi connectivity index (χ0v) is 8.72. The molecule has 1 aromatic heterocycles. The van der Waals surface area contributed by atoms with Crippen LogP contribution >= 0.6 is 0 Å². The molecule has 74 valence electrons. The van der Waals surface area contributed by atoms with E-state index in [4.69, 9.17) is 0 Å². The number of aromatic nitrogens is 3. The Morgan fingerprint density at radius 3 is 2.46 bits per heavy atom. The van der Waals surface area contributed by atoms with Gasteiger partial charge in [-0.2, -0.15) is 5.10 Å². The van der Waals surface area contributed by atoms with Crippen molar-refractivity contribution in [3.05, 3.63) is 16.0 Å². The van der Waals surface area contributed by atoms with E-state index in [2.05, 4.69) is 10.3 Å². The van der Waals surface area contributed by atoms with E-state index in [0.717, 1.165) is 6.42 Å². The molecule has 0 radical (unpaired) electrons. The Kier molecular flexibility index (Phi) is 2.59. The Morgan fingerprint density at radius 2 is 2.08 bits per heavy atom. The highest BCUT2D eigenvalue weighted by molar-refractivity contribution is 5.06. The van der Waals surface area contributed by atoms with Crippen LogP contribution in [0.2, 0.25) is 0 Å². The molecular formula is C9H17N3O. The molecule has 0 saturated carbocycles. The summed E-state index contributed by atoms with van der Waals surface area (Å²) in [7, 11) is 0. The minimum atomic E-state index is -0.174. The summed E-state index contributed by atoms with van der Waals surface area (Å²) in [6, 6.07) is 0. The van der Waals surface area contributed by atoms with E-state index < -0.39 is 0 Å². The first-order valence-electron chi connectivity index (χ1n) is 4.62. The third-order valence-electron chi connectivity index (χ3n) is 1.89. The predicted molar refractivity (Wildman–Crippen MR) is 51.8 cm³/mol. The van der Waals surface area contributed by atoms with Crippen molar-refractivity contribution in [1.29, 1.82) is 0 Å². The summed E-state index contributed by atoms with van der Waals surface area (Å²) >= 11 is 0. The van der Waals surface area contributed by atoms with Gasteiger partial charge in [-0.1, -0.05) is 27.7 Å². The number of hydrogen-bond acceptors (Lipinski definition) is 2. The monoisotopic (exact) mass is 183 g/mol. The second kappa shape index (κ2) is 3.36. The van der Waals surface area contributed by atoms with E-state index in [0.29, 0.717) is 12.2 Å². The van der Waals surface area contributed by atoms with Crippen LogP contribution in [0.1, 0.15) is 39.8 Å². The van der Waals surface area contributed by atoms with Gasteiger partial charge in [0, 0.05) is 12.0 Å². The molecule has 0 aliphatic heterocycles. The highest BCUT2D eigenvalue weighted by Crippen LogP contribution is 2.15. The summed E-state index contributed by atoms with van der Waals surface area (Å²) in [6.07, 6.45) is 0.936. The number of hydrogen-bond donors (Lipinski definition) is 1. The molecule has 0 spiro atoms. The van der Waals surface area contributed by atoms with Gasteiger partial charge < -0.3 is 0 Å². The maximum Gasteiger partial charge on any atom is 0.290 e. The van der Waals surface area contributed by atoms with E-state index in [1.165, 1.54) is 0 Å². The normalized spacial score (nSPS) is 12.0. The van der Waals surface area contributed by atoms with Gasteiger partial charge in [0.1, 0.15) is 5.69 Å². The third kappa shape index (κ3) is 1.99. The van der Waals surface area contributed by atoms with Crippen LogP contribution in [0.5, 0.6) is 0 Å². The molecule has 0 fully saturated rings. The second-order valence-electron chi connectivity index (χ2n) is 4.27. The Morgan fingerprint density at radius 1 is 1.46 bits per heavy atom. The Balaban J connectivity index is 3.07. The van der Waals surface area contributed by atoms with Crippen LogP contribution in [0.3, 0.4) is 0 Å². The van der Waals surface area contributed by atoms with Gasteiger partial charge in [0.25, 0.3) is 5.56 Å². The van der Waals surface area contributed by atoms with Crippen LogP contribution < -0.4 is 5.56 Å². The molecule has 0 bridgehead atoms. The van der Waals surface area contributed by atoms with Crippen LogP contribution in [-0.4, -0.2) is 15.0 Å². The predicted octanol–water partition coefficient (Wildman–Crippen LogP) is 1.28. The van der Waals surface area contributed by atoms with Gasteiger partial charge in [-0.3, -0.25) is 4.79 Å². The first-order valence-corrected chi connectivity index (χ1v) is 4.62. The van der Waals surface area contributed by atoms with Crippen molar-refractivity contribution in [2.75, 3.05) is 0 Å². The van der Waals surface area contributed by atoms with Gasteiger partial charge in [0.15, 0.2) is 0 Å². The van der Waals surface area contributed by atoms with Crippen LogP contribution in [0.15, 0.2) is 4.79 Å². The molecule has 1 aromatic rings. The molecule has 0 aromatic carbocycles. The van der Waals surface area contributed by atoms with Crippen molar-refractivity contribution in [1.82, 2.24) is 15.0 Å². The summed E-state index contributed by atoms with van der Waals surface area (Å²) < 4.78 is 1.56. The second-order valence-corrected chi connectivity index (χ2v) is 4.27. The highest BCUT2D eigenvalue weighted by atomic mass is 16.1. The maximum absolute atomic E-state index is 11.7. The van der Waals surface area contributed by atoms with Crippen LogP contribution in [0.4, 0.5) is 0 Å². The quantitative estimate of drug-likeness (QED) is 0.750. The SMILES string of the molecule is CCCn1[nH]nc(C(C)(C)C)c1=O. The molecule has 0 atom stereocenters. The molecule has 0 saturated heterocycles. The highest BCUT2D eigenvalue weighted by Gasteiger charge is 2.21. The average Bonchev–Trinajstić information content (AvgIpc) is 2.32. The standard InChI is InChI=1S/C9H17N3O/c1-5-6-12-8(13)7(10-11-12)9(2,3)4/h11H,5-6H2,1-4H3. The van der Waals surface area contributed by atoms with E-state index >= 15 is 0 Å². The number of nitrogens with zero attached hydrogens (tertiary/aromatic N) is 2. The number of rotatable bonds is 2.